The number of methoxy groups -OCH3 is 3. The standard InChI is InChI=1S/C26H25ClN4O7S/c1-35-23-10-6-19(27)14-22(23)31(39(33,34)21-9-11-24(36-2)25(15-21)37-3)17-26(32)30-29-16-18-4-7-20(8-5-18)38-13-12-28/h4-11,14-16H,13,17H2,1-3H3,(H,30,32)/b29-16-. The lowest BCUT2D eigenvalue weighted by Gasteiger charge is -2.25. The first-order chi connectivity index (χ1) is 18.7. The third-order valence-electron chi connectivity index (χ3n) is 5.23. The maximum Gasteiger partial charge on any atom is 0.265 e. The summed E-state index contributed by atoms with van der Waals surface area (Å²) in [6, 6.07) is 17.0. The fourth-order valence-corrected chi connectivity index (χ4v) is 4.98. The van der Waals surface area contributed by atoms with Crippen LogP contribution in [0, 0.1) is 11.3 Å². The zero-order chi connectivity index (χ0) is 28.4. The molecule has 3 aromatic rings. The molecule has 1 amide bonds. The molecule has 0 fully saturated rings. The Morgan fingerprint density at radius 2 is 1.67 bits per heavy atom. The maximum absolute atomic E-state index is 13.8. The fraction of sp³-hybridized carbons (Fsp3) is 0.192. The van der Waals surface area contributed by atoms with Crippen LogP contribution in [0.1, 0.15) is 5.56 Å². The second-order valence-corrected chi connectivity index (χ2v) is 9.95. The molecule has 0 atom stereocenters. The van der Waals surface area contributed by atoms with Gasteiger partial charge in [0.15, 0.2) is 18.1 Å². The van der Waals surface area contributed by atoms with E-state index in [-0.39, 0.29) is 33.7 Å². The second-order valence-electron chi connectivity index (χ2n) is 7.65. The van der Waals surface area contributed by atoms with E-state index < -0.39 is 22.5 Å². The van der Waals surface area contributed by atoms with Crippen LogP contribution in [0.15, 0.2) is 70.7 Å². The Balaban J connectivity index is 1.90. The lowest BCUT2D eigenvalue weighted by atomic mass is 10.2. The number of hydrazone groups is 1. The molecule has 0 aromatic heterocycles. The van der Waals surface area contributed by atoms with Crippen LogP contribution in [0.25, 0.3) is 0 Å². The molecular formula is C26H25ClN4O7S. The number of anilines is 1. The molecule has 1 N–H and O–H groups in total. The molecule has 11 nitrogen and oxygen atoms in total. The highest BCUT2D eigenvalue weighted by atomic mass is 35.5. The number of hydrogen-bond donors (Lipinski definition) is 1. The zero-order valence-corrected chi connectivity index (χ0v) is 22.8. The Bertz CT molecular complexity index is 1490. The van der Waals surface area contributed by atoms with Crippen molar-refractivity contribution in [3.8, 4) is 29.1 Å². The average Bonchev–Trinajstić information content (AvgIpc) is 2.94. The molecule has 3 rings (SSSR count). The Hall–Kier alpha value is -4.47. The van der Waals surface area contributed by atoms with Crippen LogP contribution in [-0.2, 0) is 14.8 Å². The van der Waals surface area contributed by atoms with E-state index >= 15 is 0 Å². The number of carbonyl (C=O) groups excluding carboxylic acids is 1. The van der Waals surface area contributed by atoms with Gasteiger partial charge in [0, 0.05) is 11.1 Å². The molecule has 204 valence electrons. The van der Waals surface area contributed by atoms with E-state index in [1.165, 1.54) is 63.9 Å². The molecule has 0 saturated heterocycles. The van der Waals surface area contributed by atoms with Gasteiger partial charge >= 0.3 is 0 Å². The highest BCUT2D eigenvalue weighted by Gasteiger charge is 2.30. The summed E-state index contributed by atoms with van der Waals surface area (Å²) >= 11 is 6.17. The van der Waals surface area contributed by atoms with Crippen LogP contribution >= 0.6 is 11.6 Å². The first-order valence-corrected chi connectivity index (χ1v) is 13.0. The predicted octanol–water partition coefficient (Wildman–Crippen LogP) is 3.61. The lowest BCUT2D eigenvalue weighted by molar-refractivity contribution is -0.119. The monoisotopic (exact) mass is 572 g/mol. The summed E-state index contributed by atoms with van der Waals surface area (Å²) in [5.41, 5.74) is 3.01. The van der Waals surface area contributed by atoms with Crippen LogP contribution in [0.5, 0.6) is 23.0 Å². The van der Waals surface area contributed by atoms with Gasteiger partial charge in [-0.1, -0.05) is 11.6 Å². The predicted molar refractivity (Wildman–Crippen MR) is 145 cm³/mol. The third-order valence-corrected chi connectivity index (χ3v) is 7.22. The molecule has 0 heterocycles. The van der Waals surface area contributed by atoms with Gasteiger partial charge in [-0.3, -0.25) is 9.10 Å². The molecular weight excluding hydrogens is 548 g/mol. The first-order valence-electron chi connectivity index (χ1n) is 11.2. The summed E-state index contributed by atoms with van der Waals surface area (Å²) in [6.07, 6.45) is 1.37. The van der Waals surface area contributed by atoms with Crippen LogP contribution in [0.4, 0.5) is 5.69 Å². The van der Waals surface area contributed by atoms with Crippen molar-refractivity contribution in [1.82, 2.24) is 5.43 Å². The van der Waals surface area contributed by atoms with Crippen molar-refractivity contribution in [2.45, 2.75) is 4.90 Å². The number of benzene rings is 3. The molecule has 0 bridgehead atoms. The van der Waals surface area contributed by atoms with E-state index in [0.29, 0.717) is 17.1 Å². The number of halogens is 1. The number of amides is 1. The van der Waals surface area contributed by atoms with Gasteiger partial charge in [-0.2, -0.15) is 10.4 Å². The second kappa shape index (κ2) is 13.4. The van der Waals surface area contributed by atoms with Gasteiger partial charge in [0.2, 0.25) is 0 Å². The molecule has 0 radical (unpaired) electrons. The Labute approximate surface area is 231 Å². The van der Waals surface area contributed by atoms with Gasteiger partial charge in [0.25, 0.3) is 15.9 Å². The van der Waals surface area contributed by atoms with Gasteiger partial charge in [0.05, 0.1) is 38.1 Å². The molecule has 0 aliphatic carbocycles. The van der Waals surface area contributed by atoms with E-state index in [1.807, 2.05) is 6.07 Å². The van der Waals surface area contributed by atoms with E-state index in [0.717, 1.165) is 4.31 Å². The van der Waals surface area contributed by atoms with Crippen molar-refractivity contribution in [3.05, 3.63) is 71.2 Å². The van der Waals surface area contributed by atoms with Gasteiger partial charge in [0.1, 0.15) is 24.1 Å². The molecule has 13 heteroatoms. The minimum Gasteiger partial charge on any atom is -0.495 e. The van der Waals surface area contributed by atoms with E-state index in [1.54, 1.807) is 24.3 Å². The molecule has 0 aliphatic heterocycles. The van der Waals surface area contributed by atoms with Crippen molar-refractivity contribution in [3.63, 3.8) is 0 Å². The Morgan fingerprint density at radius 3 is 2.31 bits per heavy atom. The minimum atomic E-state index is -4.34. The van der Waals surface area contributed by atoms with Crippen molar-refractivity contribution in [1.29, 1.82) is 5.26 Å². The van der Waals surface area contributed by atoms with Gasteiger partial charge in [-0.15, -0.1) is 0 Å². The van der Waals surface area contributed by atoms with E-state index in [9.17, 15) is 13.2 Å². The lowest BCUT2D eigenvalue weighted by Crippen LogP contribution is -2.39. The largest absolute Gasteiger partial charge is 0.495 e. The third kappa shape index (κ3) is 7.31. The SMILES string of the molecule is COc1ccc(S(=O)(=O)N(CC(=O)N/N=C\c2ccc(OCC#N)cc2)c2cc(Cl)ccc2OC)cc1OC. The number of carbonyl (C=O) groups is 1. The number of nitriles is 1. The summed E-state index contributed by atoms with van der Waals surface area (Å²) in [5, 5.41) is 12.7. The topological polar surface area (TPSA) is 140 Å². The molecule has 0 saturated carbocycles. The Morgan fingerprint density at radius 1 is 1.00 bits per heavy atom. The summed E-state index contributed by atoms with van der Waals surface area (Å²) in [7, 11) is -0.159. The molecule has 3 aromatic carbocycles. The van der Waals surface area contributed by atoms with Crippen molar-refractivity contribution in [2.24, 2.45) is 5.10 Å². The molecule has 0 aliphatic rings. The summed E-state index contributed by atoms with van der Waals surface area (Å²) in [6.45, 7) is -0.727. The number of hydrogen-bond acceptors (Lipinski definition) is 9. The van der Waals surface area contributed by atoms with Crippen LogP contribution in [-0.4, -0.2) is 55.0 Å². The average molecular weight is 573 g/mol. The highest BCUT2D eigenvalue weighted by Crippen LogP contribution is 2.36. The summed E-state index contributed by atoms with van der Waals surface area (Å²) in [5.74, 6) is 0.476. The van der Waals surface area contributed by atoms with Crippen LogP contribution in [0.3, 0.4) is 0 Å². The van der Waals surface area contributed by atoms with E-state index in [4.69, 9.17) is 35.8 Å². The van der Waals surface area contributed by atoms with Gasteiger partial charge < -0.3 is 18.9 Å². The van der Waals surface area contributed by atoms with Crippen LogP contribution in [0.2, 0.25) is 5.02 Å². The fourth-order valence-electron chi connectivity index (χ4n) is 3.37. The number of nitrogens with zero attached hydrogens (tertiary/aromatic N) is 3. The maximum atomic E-state index is 13.8. The molecule has 0 unspecified atom stereocenters. The number of nitrogens with one attached hydrogen (secondary N) is 1. The quantitative estimate of drug-likeness (QED) is 0.256. The highest BCUT2D eigenvalue weighted by molar-refractivity contribution is 7.92. The summed E-state index contributed by atoms with van der Waals surface area (Å²) in [4.78, 5) is 12.7. The number of sulfonamides is 1. The first kappa shape index (κ1) is 29.1. The number of ether oxygens (including phenoxy) is 4. The van der Waals surface area contributed by atoms with Gasteiger partial charge in [-0.05, 0) is 60.2 Å². The van der Waals surface area contributed by atoms with E-state index in [2.05, 4.69) is 10.5 Å². The van der Waals surface area contributed by atoms with Crippen LogP contribution < -0.4 is 28.7 Å². The summed E-state index contributed by atoms with van der Waals surface area (Å²) < 4.78 is 49.5. The number of rotatable bonds is 12. The smallest absolute Gasteiger partial charge is 0.265 e. The van der Waals surface area contributed by atoms with Crippen molar-refractivity contribution < 1.29 is 32.2 Å². The molecule has 0 spiro atoms. The van der Waals surface area contributed by atoms with Gasteiger partial charge in [-0.25, -0.2) is 13.8 Å². The molecule has 39 heavy (non-hydrogen) atoms. The normalized spacial score (nSPS) is 10.9. The minimum absolute atomic E-state index is 0.0480. The van der Waals surface area contributed by atoms with Crippen molar-refractivity contribution in [2.75, 3.05) is 38.8 Å². The Kier molecular flexibility index (Phi) is 9.97. The zero-order valence-electron chi connectivity index (χ0n) is 21.3. The van der Waals surface area contributed by atoms with Crippen molar-refractivity contribution >= 4 is 39.4 Å².